The van der Waals surface area contributed by atoms with E-state index in [4.69, 9.17) is 9.47 Å². The molecule has 2 rings (SSSR count). The number of hydrogen-bond acceptors (Lipinski definition) is 2. The Morgan fingerprint density at radius 1 is 1.05 bits per heavy atom. The second-order valence-electron chi connectivity index (χ2n) is 5.98. The van der Waals surface area contributed by atoms with Crippen molar-refractivity contribution < 1.29 is 13.9 Å². The average Bonchev–Trinajstić information content (AvgIpc) is 2.53. The topological polar surface area (TPSA) is 18.5 Å². The summed E-state index contributed by atoms with van der Waals surface area (Å²) < 4.78 is 24.6. The van der Waals surface area contributed by atoms with Crippen LogP contribution in [0, 0.1) is 5.82 Å². The quantitative estimate of drug-likeness (QED) is 0.699. The molecule has 0 heterocycles. The predicted octanol–water partition coefficient (Wildman–Crippen LogP) is 5.00. The summed E-state index contributed by atoms with van der Waals surface area (Å²) in [5.74, 6) is -0.00984. The number of benzene rings is 2. The minimum atomic E-state index is -0.338. The van der Waals surface area contributed by atoms with Gasteiger partial charge in [0.25, 0.3) is 0 Å². The molecule has 2 aromatic carbocycles. The van der Waals surface area contributed by atoms with Crippen LogP contribution >= 0.6 is 0 Å². The summed E-state index contributed by atoms with van der Waals surface area (Å²) in [6.07, 6.45) is 0. The molecule has 0 aliphatic rings. The van der Waals surface area contributed by atoms with Crippen molar-refractivity contribution in [3.05, 3.63) is 59.9 Å². The lowest BCUT2D eigenvalue weighted by Crippen LogP contribution is -2.32. The molecule has 0 saturated carbocycles. The van der Waals surface area contributed by atoms with Crippen molar-refractivity contribution in [2.75, 3.05) is 13.9 Å². The van der Waals surface area contributed by atoms with Gasteiger partial charge in [-0.25, -0.2) is 4.39 Å². The van der Waals surface area contributed by atoms with Crippen molar-refractivity contribution in [2.45, 2.75) is 32.3 Å². The first-order valence-corrected chi connectivity index (χ1v) is 7.43. The molecule has 22 heavy (non-hydrogen) atoms. The number of methoxy groups -OCH3 is 1. The van der Waals surface area contributed by atoms with Crippen LogP contribution in [-0.4, -0.2) is 19.5 Å². The van der Waals surface area contributed by atoms with E-state index in [1.54, 1.807) is 19.2 Å². The van der Waals surface area contributed by atoms with Crippen molar-refractivity contribution in [3.8, 4) is 11.1 Å². The predicted molar refractivity (Wildman–Crippen MR) is 87.3 cm³/mol. The molecule has 0 spiro atoms. The molecule has 0 bridgehead atoms. The largest absolute Gasteiger partial charge is 0.359 e. The second-order valence-corrected chi connectivity index (χ2v) is 5.98. The van der Waals surface area contributed by atoms with E-state index in [9.17, 15) is 4.39 Å². The van der Waals surface area contributed by atoms with Gasteiger partial charge in [0.05, 0.1) is 5.60 Å². The van der Waals surface area contributed by atoms with Crippen LogP contribution in [0.2, 0.25) is 0 Å². The molecule has 0 aliphatic carbocycles. The zero-order valence-electron chi connectivity index (χ0n) is 13.6. The van der Waals surface area contributed by atoms with Crippen LogP contribution in [-0.2, 0) is 9.47 Å². The minimum Gasteiger partial charge on any atom is -0.359 e. The van der Waals surface area contributed by atoms with E-state index < -0.39 is 0 Å². The number of ether oxygens (including phenoxy) is 2. The molecule has 1 atom stereocenters. The molecule has 0 radical (unpaired) electrons. The van der Waals surface area contributed by atoms with Crippen LogP contribution in [0.15, 0.2) is 48.5 Å². The summed E-state index contributed by atoms with van der Waals surface area (Å²) in [7, 11) is 1.62. The molecule has 0 aliphatic heterocycles. The molecule has 0 N–H and O–H groups in total. The van der Waals surface area contributed by atoms with Crippen molar-refractivity contribution >= 4 is 0 Å². The van der Waals surface area contributed by atoms with E-state index in [0.717, 1.165) is 11.1 Å². The van der Waals surface area contributed by atoms with Crippen LogP contribution in [0.3, 0.4) is 0 Å². The van der Waals surface area contributed by atoms with E-state index in [0.29, 0.717) is 5.56 Å². The molecule has 3 heteroatoms. The Kier molecular flexibility index (Phi) is 5.33. The molecular weight excluding hydrogens is 279 g/mol. The Morgan fingerprint density at radius 2 is 1.68 bits per heavy atom. The Bertz CT molecular complexity index is 605. The number of hydrogen-bond donors (Lipinski definition) is 0. The smallest absolute Gasteiger partial charge is 0.147 e. The van der Waals surface area contributed by atoms with Crippen LogP contribution in [0.25, 0.3) is 11.1 Å². The third-order valence-electron chi connectivity index (χ3n) is 4.19. The van der Waals surface area contributed by atoms with Crippen molar-refractivity contribution in [1.29, 1.82) is 0 Å². The van der Waals surface area contributed by atoms with Gasteiger partial charge < -0.3 is 9.47 Å². The molecule has 2 nitrogen and oxygen atoms in total. The fourth-order valence-corrected chi connectivity index (χ4v) is 2.38. The summed E-state index contributed by atoms with van der Waals surface area (Å²) in [6.45, 7) is 6.47. The van der Waals surface area contributed by atoms with E-state index in [1.165, 1.54) is 6.07 Å². The van der Waals surface area contributed by atoms with Crippen molar-refractivity contribution in [2.24, 2.45) is 0 Å². The van der Waals surface area contributed by atoms with E-state index in [1.807, 2.05) is 44.2 Å². The van der Waals surface area contributed by atoms with Gasteiger partial charge in [-0.2, -0.15) is 0 Å². The SMILES string of the molecule is COCOC(C)(C)C(C)c1ccc(-c2ccccc2F)cc1. The Labute approximate surface area is 131 Å². The lowest BCUT2D eigenvalue weighted by atomic mass is 9.85. The van der Waals surface area contributed by atoms with Crippen molar-refractivity contribution in [1.82, 2.24) is 0 Å². The van der Waals surface area contributed by atoms with Crippen LogP contribution in [0.4, 0.5) is 4.39 Å². The second kappa shape index (κ2) is 7.03. The van der Waals surface area contributed by atoms with Gasteiger partial charge in [0.15, 0.2) is 0 Å². The maximum absolute atomic E-state index is 13.8. The summed E-state index contributed by atoms with van der Waals surface area (Å²) in [5, 5.41) is 0. The maximum atomic E-state index is 13.8. The monoisotopic (exact) mass is 302 g/mol. The zero-order chi connectivity index (χ0) is 16.2. The van der Waals surface area contributed by atoms with Crippen LogP contribution in [0.1, 0.15) is 32.3 Å². The van der Waals surface area contributed by atoms with Gasteiger partial charge in [-0.1, -0.05) is 49.4 Å². The Morgan fingerprint density at radius 3 is 2.27 bits per heavy atom. The van der Waals surface area contributed by atoms with Gasteiger partial charge in [0.1, 0.15) is 12.6 Å². The van der Waals surface area contributed by atoms with Gasteiger partial charge in [-0.15, -0.1) is 0 Å². The number of halogens is 1. The average molecular weight is 302 g/mol. The van der Waals surface area contributed by atoms with Gasteiger partial charge >= 0.3 is 0 Å². The lowest BCUT2D eigenvalue weighted by Gasteiger charge is -2.32. The lowest BCUT2D eigenvalue weighted by molar-refractivity contribution is -0.123. The van der Waals surface area contributed by atoms with Crippen LogP contribution in [0.5, 0.6) is 0 Å². The van der Waals surface area contributed by atoms with Gasteiger partial charge in [0.2, 0.25) is 0 Å². The van der Waals surface area contributed by atoms with Crippen LogP contribution < -0.4 is 0 Å². The summed E-state index contributed by atoms with van der Waals surface area (Å²) in [4.78, 5) is 0. The molecule has 118 valence electrons. The molecule has 2 aromatic rings. The zero-order valence-corrected chi connectivity index (χ0v) is 13.6. The maximum Gasteiger partial charge on any atom is 0.147 e. The highest BCUT2D eigenvalue weighted by molar-refractivity contribution is 5.64. The van der Waals surface area contributed by atoms with Gasteiger partial charge in [0, 0.05) is 18.6 Å². The normalized spacial score (nSPS) is 13.1. The minimum absolute atomic E-state index is 0.192. The molecule has 0 aromatic heterocycles. The molecule has 0 amide bonds. The third-order valence-corrected chi connectivity index (χ3v) is 4.19. The third kappa shape index (κ3) is 3.73. The summed E-state index contributed by atoms with van der Waals surface area (Å²) >= 11 is 0. The van der Waals surface area contributed by atoms with E-state index >= 15 is 0 Å². The Balaban J connectivity index is 2.20. The van der Waals surface area contributed by atoms with Crippen molar-refractivity contribution in [3.63, 3.8) is 0 Å². The fraction of sp³-hybridized carbons (Fsp3) is 0.368. The Hall–Kier alpha value is -1.71. The first-order valence-electron chi connectivity index (χ1n) is 7.43. The highest BCUT2D eigenvalue weighted by Crippen LogP contribution is 2.32. The fourth-order valence-electron chi connectivity index (χ4n) is 2.38. The molecule has 1 unspecified atom stereocenters. The van der Waals surface area contributed by atoms with Gasteiger partial charge in [-0.05, 0) is 31.0 Å². The standard InChI is InChI=1S/C19H23FO2/c1-14(19(2,3)22-13-21-4)15-9-11-16(12-10-15)17-7-5-6-8-18(17)20/h5-12,14H,13H2,1-4H3. The molecule has 0 saturated heterocycles. The summed E-state index contributed by atoms with van der Waals surface area (Å²) in [6, 6.07) is 14.8. The highest BCUT2D eigenvalue weighted by Gasteiger charge is 2.28. The highest BCUT2D eigenvalue weighted by atomic mass is 19.1. The van der Waals surface area contributed by atoms with E-state index in [2.05, 4.69) is 6.92 Å². The summed E-state index contributed by atoms with van der Waals surface area (Å²) in [5.41, 5.74) is 2.32. The molecule has 0 fully saturated rings. The molecular formula is C19H23FO2. The number of rotatable bonds is 6. The first kappa shape index (κ1) is 16.7. The van der Waals surface area contributed by atoms with Gasteiger partial charge in [-0.3, -0.25) is 0 Å². The van der Waals surface area contributed by atoms with E-state index in [-0.39, 0.29) is 24.1 Å². The first-order chi connectivity index (χ1) is 10.5.